The average Bonchev–Trinajstić information content (AvgIpc) is 3.24. The molecular weight excluding hydrogens is 398 g/mol. The molecule has 0 radical (unpaired) electrons. The molecule has 2 aromatic carbocycles. The normalized spacial score (nSPS) is 10.8. The highest BCUT2D eigenvalue weighted by molar-refractivity contribution is 7.12. The number of fused-ring (bicyclic) bond motifs is 1. The number of carbonyl (C=O) groups excluding carboxylic acids is 1. The summed E-state index contributed by atoms with van der Waals surface area (Å²) in [5.41, 5.74) is 0.906. The van der Waals surface area contributed by atoms with E-state index >= 15 is 0 Å². The van der Waals surface area contributed by atoms with Gasteiger partial charge >= 0.3 is 0 Å². The first-order valence-electron chi connectivity index (χ1n) is 8.32. The highest BCUT2D eigenvalue weighted by atomic mass is 35.5. The maximum atomic E-state index is 13.2. The van der Waals surface area contributed by atoms with Gasteiger partial charge in [-0.1, -0.05) is 29.8 Å². The van der Waals surface area contributed by atoms with Crippen LogP contribution in [0.15, 0.2) is 69.2 Å². The van der Waals surface area contributed by atoms with Crippen LogP contribution < -0.4 is 15.5 Å². The summed E-state index contributed by atoms with van der Waals surface area (Å²) < 4.78 is 11.1. The van der Waals surface area contributed by atoms with Crippen molar-refractivity contribution >= 4 is 45.7 Å². The van der Waals surface area contributed by atoms with Gasteiger partial charge in [-0.25, -0.2) is 0 Å². The first-order valence-corrected chi connectivity index (χ1v) is 9.58. The molecule has 1 N–H and O–H groups in total. The Kier molecular flexibility index (Phi) is 4.90. The molecule has 4 rings (SSSR count). The monoisotopic (exact) mass is 411 g/mol. The second kappa shape index (κ2) is 7.50. The number of methoxy groups -OCH3 is 1. The van der Waals surface area contributed by atoms with E-state index in [-0.39, 0.29) is 22.8 Å². The quantitative estimate of drug-likeness (QED) is 0.485. The summed E-state index contributed by atoms with van der Waals surface area (Å²) in [5.74, 6) is 0.394. The lowest BCUT2D eigenvalue weighted by atomic mass is 10.0. The fourth-order valence-corrected chi connectivity index (χ4v) is 3.64. The third-order valence-electron chi connectivity index (χ3n) is 4.20. The summed E-state index contributed by atoms with van der Waals surface area (Å²) in [7, 11) is 1.56. The summed E-state index contributed by atoms with van der Waals surface area (Å²) in [6.07, 6.45) is 0. The van der Waals surface area contributed by atoms with E-state index in [0.29, 0.717) is 32.2 Å². The van der Waals surface area contributed by atoms with Crippen LogP contribution in [0.3, 0.4) is 0 Å². The number of carbonyl (C=O) groups is 1. The van der Waals surface area contributed by atoms with Crippen LogP contribution in [0.2, 0.25) is 5.02 Å². The summed E-state index contributed by atoms with van der Waals surface area (Å²) >= 11 is 7.36. The molecule has 0 bridgehead atoms. The average molecular weight is 412 g/mol. The van der Waals surface area contributed by atoms with Gasteiger partial charge < -0.3 is 9.15 Å². The van der Waals surface area contributed by atoms with E-state index in [4.69, 9.17) is 20.8 Å². The predicted octanol–water partition coefficient (Wildman–Crippen LogP) is 5.44. The third kappa shape index (κ3) is 3.40. The van der Waals surface area contributed by atoms with Crippen molar-refractivity contribution in [2.45, 2.75) is 0 Å². The van der Waals surface area contributed by atoms with Crippen molar-refractivity contribution < 1.29 is 13.9 Å². The molecule has 0 spiro atoms. The maximum absolute atomic E-state index is 13.2. The van der Waals surface area contributed by atoms with Gasteiger partial charge in [-0.3, -0.25) is 14.9 Å². The van der Waals surface area contributed by atoms with Crippen molar-refractivity contribution in [2.75, 3.05) is 12.4 Å². The number of benzene rings is 2. The first kappa shape index (κ1) is 18.3. The Morgan fingerprint density at radius 3 is 2.61 bits per heavy atom. The van der Waals surface area contributed by atoms with E-state index in [0.717, 1.165) is 0 Å². The lowest BCUT2D eigenvalue weighted by Crippen LogP contribution is -2.15. The molecule has 4 aromatic rings. The highest BCUT2D eigenvalue weighted by Gasteiger charge is 2.19. The van der Waals surface area contributed by atoms with Gasteiger partial charge in [0.15, 0.2) is 0 Å². The predicted molar refractivity (Wildman–Crippen MR) is 112 cm³/mol. The molecule has 0 saturated heterocycles. The van der Waals surface area contributed by atoms with E-state index in [9.17, 15) is 9.59 Å². The maximum Gasteiger partial charge on any atom is 0.268 e. The van der Waals surface area contributed by atoms with E-state index in [2.05, 4.69) is 5.32 Å². The fraction of sp³-hybridized carbons (Fsp3) is 0.0476. The van der Waals surface area contributed by atoms with Gasteiger partial charge in [-0.15, -0.1) is 11.3 Å². The van der Waals surface area contributed by atoms with Crippen LogP contribution in [-0.2, 0) is 0 Å². The molecule has 5 nitrogen and oxygen atoms in total. The fourth-order valence-electron chi connectivity index (χ4n) is 2.85. The molecule has 0 aliphatic heterocycles. The van der Waals surface area contributed by atoms with Crippen molar-refractivity contribution in [1.29, 1.82) is 0 Å². The van der Waals surface area contributed by atoms with Crippen molar-refractivity contribution in [3.63, 3.8) is 0 Å². The molecule has 7 heteroatoms. The number of nitrogens with one attached hydrogen (secondary N) is 1. The number of halogens is 1. The van der Waals surface area contributed by atoms with Crippen molar-refractivity contribution in [3.8, 4) is 16.9 Å². The number of ether oxygens (including phenoxy) is 1. The molecule has 2 aromatic heterocycles. The smallest absolute Gasteiger partial charge is 0.268 e. The Hall–Kier alpha value is -3.09. The van der Waals surface area contributed by atoms with Crippen molar-refractivity contribution in [3.05, 3.63) is 80.1 Å². The van der Waals surface area contributed by atoms with Crippen molar-refractivity contribution in [2.24, 2.45) is 0 Å². The lowest BCUT2D eigenvalue weighted by Gasteiger charge is -2.11. The van der Waals surface area contributed by atoms with Crippen LogP contribution in [0, 0.1) is 0 Å². The summed E-state index contributed by atoms with van der Waals surface area (Å²) in [4.78, 5) is 26.3. The summed E-state index contributed by atoms with van der Waals surface area (Å²) in [5, 5.41) is 5.30. The number of thiophene rings is 1. The van der Waals surface area contributed by atoms with Gasteiger partial charge in [0.1, 0.15) is 11.3 Å². The minimum Gasteiger partial charge on any atom is -0.497 e. The molecule has 0 atom stereocenters. The molecule has 0 fully saturated rings. The van der Waals surface area contributed by atoms with Crippen LogP contribution in [0.1, 0.15) is 9.67 Å². The van der Waals surface area contributed by atoms with Crippen LogP contribution in [-0.4, -0.2) is 13.0 Å². The van der Waals surface area contributed by atoms with Crippen molar-refractivity contribution in [1.82, 2.24) is 0 Å². The van der Waals surface area contributed by atoms with E-state index < -0.39 is 0 Å². The highest BCUT2D eigenvalue weighted by Crippen LogP contribution is 2.31. The number of rotatable bonds is 4. The van der Waals surface area contributed by atoms with E-state index in [1.165, 1.54) is 11.3 Å². The lowest BCUT2D eigenvalue weighted by molar-refractivity contribution is 0.102. The standard InChI is InChI=1S/C21H14ClNO4S/c1-26-14-7-4-12(5-8-14)18-19(24)15-11-13(22)6-9-16(15)27-21(18)23-20(25)17-3-2-10-28-17/h2-11H,1H3,(H,23,25). The molecule has 0 aliphatic rings. The van der Waals surface area contributed by atoms with Crippen LogP contribution in [0.4, 0.5) is 5.88 Å². The van der Waals surface area contributed by atoms with Gasteiger partial charge in [0.2, 0.25) is 11.3 Å². The van der Waals surface area contributed by atoms with Crippen LogP contribution in [0.5, 0.6) is 5.75 Å². The SMILES string of the molecule is COc1ccc(-c2c(NC(=O)c3cccs3)oc3ccc(Cl)cc3c2=O)cc1. The molecule has 1 amide bonds. The first-order chi connectivity index (χ1) is 13.6. The zero-order valence-electron chi connectivity index (χ0n) is 14.7. The Bertz CT molecular complexity index is 1210. The van der Waals surface area contributed by atoms with Gasteiger partial charge in [-0.05, 0) is 47.3 Å². The Balaban J connectivity index is 1.91. The minimum absolute atomic E-state index is 0.0865. The Morgan fingerprint density at radius 1 is 1.14 bits per heavy atom. The number of hydrogen-bond acceptors (Lipinski definition) is 5. The number of anilines is 1. The second-order valence-electron chi connectivity index (χ2n) is 5.94. The van der Waals surface area contributed by atoms with E-state index in [1.54, 1.807) is 67.1 Å². The zero-order valence-corrected chi connectivity index (χ0v) is 16.3. The number of amides is 1. The van der Waals surface area contributed by atoms with Gasteiger partial charge in [-0.2, -0.15) is 0 Å². The molecule has 0 aliphatic carbocycles. The van der Waals surface area contributed by atoms with Gasteiger partial charge in [0.25, 0.3) is 5.91 Å². The molecule has 28 heavy (non-hydrogen) atoms. The summed E-state index contributed by atoms with van der Waals surface area (Å²) in [6.45, 7) is 0. The molecular formula is C21H14ClNO4S. The Labute approximate surface area is 169 Å². The zero-order chi connectivity index (χ0) is 19.7. The number of hydrogen-bond donors (Lipinski definition) is 1. The van der Waals surface area contributed by atoms with Gasteiger partial charge in [0.05, 0.1) is 22.9 Å². The topological polar surface area (TPSA) is 68.5 Å². The van der Waals surface area contributed by atoms with Crippen LogP contribution in [0.25, 0.3) is 22.1 Å². The Morgan fingerprint density at radius 2 is 1.93 bits per heavy atom. The van der Waals surface area contributed by atoms with E-state index in [1.807, 2.05) is 0 Å². The molecule has 140 valence electrons. The molecule has 0 saturated carbocycles. The minimum atomic E-state index is -0.346. The van der Waals surface area contributed by atoms with Crippen LogP contribution >= 0.6 is 22.9 Å². The molecule has 2 heterocycles. The third-order valence-corrected chi connectivity index (χ3v) is 5.31. The molecule has 0 unspecified atom stereocenters. The van der Waals surface area contributed by atoms with Gasteiger partial charge in [0, 0.05) is 5.02 Å². The summed E-state index contributed by atoms with van der Waals surface area (Å²) in [6, 6.07) is 15.2. The second-order valence-corrected chi connectivity index (χ2v) is 7.32. The largest absolute Gasteiger partial charge is 0.497 e.